The average molecular weight is 380 g/mol. The van der Waals surface area contributed by atoms with Crippen LogP contribution in [0.25, 0.3) is 0 Å². The third-order valence-electron chi connectivity index (χ3n) is 5.39. The molecule has 28 heavy (non-hydrogen) atoms. The number of hydrogen-bond donors (Lipinski definition) is 2. The van der Waals surface area contributed by atoms with E-state index >= 15 is 0 Å². The highest BCUT2D eigenvalue weighted by Crippen LogP contribution is 2.24. The van der Waals surface area contributed by atoms with Gasteiger partial charge in [-0.2, -0.15) is 0 Å². The molecule has 1 aromatic carbocycles. The molecule has 148 valence electrons. The van der Waals surface area contributed by atoms with Gasteiger partial charge < -0.3 is 20.3 Å². The summed E-state index contributed by atoms with van der Waals surface area (Å²) in [6.45, 7) is 3.62. The minimum atomic E-state index is -0.118. The highest BCUT2D eigenvalue weighted by molar-refractivity contribution is 5.94. The molecule has 3 heterocycles. The summed E-state index contributed by atoms with van der Waals surface area (Å²) in [5, 5.41) is 6.28. The lowest BCUT2D eigenvalue weighted by Gasteiger charge is -2.28. The first-order chi connectivity index (χ1) is 13.8. The van der Waals surface area contributed by atoms with Crippen LogP contribution in [0.5, 0.6) is 0 Å². The van der Waals surface area contributed by atoms with Gasteiger partial charge in [0.25, 0.3) is 5.91 Å². The minimum absolute atomic E-state index is 0.118. The second kappa shape index (κ2) is 9.06. The van der Waals surface area contributed by atoms with Gasteiger partial charge in [-0.05, 0) is 62.4 Å². The highest BCUT2D eigenvalue weighted by atomic mass is 16.5. The van der Waals surface area contributed by atoms with E-state index in [4.69, 9.17) is 4.74 Å². The Balaban J connectivity index is 1.35. The Hall–Kier alpha value is -2.60. The Morgan fingerprint density at radius 1 is 1.07 bits per heavy atom. The van der Waals surface area contributed by atoms with E-state index in [1.165, 1.54) is 24.9 Å². The predicted octanol–water partition coefficient (Wildman–Crippen LogP) is 3.72. The van der Waals surface area contributed by atoms with Gasteiger partial charge in [0.2, 0.25) is 0 Å². The molecule has 0 aliphatic carbocycles. The molecule has 1 atom stereocenters. The average Bonchev–Trinajstić information content (AvgIpc) is 3.27. The van der Waals surface area contributed by atoms with Crippen LogP contribution < -0.4 is 15.5 Å². The van der Waals surface area contributed by atoms with Crippen molar-refractivity contribution in [3.63, 3.8) is 0 Å². The van der Waals surface area contributed by atoms with Crippen molar-refractivity contribution in [2.45, 2.75) is 38.2 Å². The quantitative estimate of drug-likeness (QED) is 0.799. The van der Waals surface area contributed by atoms with Crippen LogP contribution >= 0.6 is 0 Å². The zero-order valence-electron chi connectivity index (χ0n) is 16.2. The van der Waals surface area contributed by atoms with E-state index in [1.807, 2.05) is 6.07 Å². The maximum Gasteiger partial charge on any atom is 0.253 e. The summed E-state index contributed by atoms with van der Waals surface area (Å²) in [5.41, 5.74) is 3.61. The smallest absolute Gasteiger partial charge is 0.253 e. The molecule has 2 aliphatic heterocycles. The van der Waals surface area contributed by atoms with Crippen LogP contribution in [0.2, 0.25) is 0 Å². The monoisotopic (exact) mass is 380 g/mol. The van der Waals surface area contributed by atoms with Gasteiger partial charge in [0, 0.05) is 43.8 Å². The molecule has 1 unspecified atom stereocenters. The summed E-state index contributed by atoms with van der Waals surface area (Å²) in [4.78, 5) is 19.0. The topological polar surface area (TPSA) is 66.5 Å². The van der Waals surface area contributed by atoms with Crippen molar-refractivity contribution in [3.8, 4) is 0 Å². The van der Waals surface area contributed by atoms with Gasteiger partial charge in [0.05, 0.1) is 23.6 Å². The van der Waals surface area contributed by atoms with Crippen molar-refractivity contribution in [3.05, 3.63) is 48.3 Å². The van der Waals surface area contributed by atoms with E-state index < -0.39 is 0 Å². The van der Waals surface area contributed by atoms with E-state index in [9.17, 15) is 4.79 Å². The van der Waals surface area contributed by atoms with Crippen molar-refractivity contribution in [1.82, 2.24) is 10.3 Å². The fourth-order valence-corrected chi connectivity index (χ4v) is 3.82. The normalized spacial score (nSPS) is 19.4. The number of benzene rings is 1. The molecular weight excluding hydrogens is 352 g/mol. The Bertz CT molecular complexity index is 781. The first-order valence-corrected chi connectivity index (χ1v) is 10.2. The van der Waals surface area contributed by atoms with Gasteiger partial charge in [-0.1, -0.05) is 0 Å². The summed E-state index contributed by atoms with van der Waals surface area (Å²) < 4.78 is 5.55. The van der Waals surface area contributed by atoms with E-state index in [2.05, 4.69) is 44.8 Å². The second-order valence-corrected chi connectivity index (χ2v) is 7.53. The molecular formula is C22H28N4O2. The number of aromatic nitrogens is 1. The SMILES string of the molecule is O=C(NCC1CCCO1)c1cncc(Nc2ccc(N3CCCCC3)cc2)c1. The van der Waals surface area contributed by atoms with Crippen molar-refractivity contribution in [2.24, 2.45) is 0 Å². The van der Waals surface area contributed by atoms with Gasteiger partial charge in [-0.25, -0.2) is 0 Å². The van der Waals surface area contributed by atoms with Crippen LogP contribution in [0.15, 0.2) is 42.7 Å². The molecule has 0 bridgehead atoms. The number of pyridine rings is 1. The van der Waals surface area contributed by atoms with Gasteiger partial charge in [0.15, 0.2) is 0 Å². The fraction of sp³-hybridized carbons (Fsp3) is 0.455. The largest absolute Gasteiger partial charge is 0.376 e. The maximum absolute atomic E-state index is 12.4. The van der Waals surface area contributed by atoms with Gasteiger partial charge in [0.1, 0.15) is 0 Å². The zero-order chi connectivity index (χ0) is 19.2. The third kappa shape index (κ3) is 4.81. The van der Waals surface area contributed by atoms with Crippen molar-refractivity contribution in [1.29, 1.82) is 0 Å². The van der Waals surface area contributed by atoms with Crippen LogP contribution in [0.3, 0.4) is 0 Å². The summed E-state index contributed by atoms with van der Waals surface area (Å²) in [5.74, 6) is -0.118. The van der Waals surface area contributed by atoms with E-state index in [0.29, 0.717) is 12.1 Å². The Morgan fingerprint density at radius 3 is 2.64 bits per heavy atom. The number of amides is 1. The molecule has 0 saturated carbocycles. The van der Waals surface area contributed by atoms with Crippen LogP contribution in [0.1, 0.15) is 42.5 Å². The number of ether oxygens (including phenoxy) is 1. The summed E-state index contributed by atoms with van der Waals surface area (Å²) >= 11 is 0. The van der Waals surface area contributed by atoms with Crippen LogP contribution in [0, 0.1) is 0 Å². The number of carbonyl (C=O) groups excluding carboxylic acids is 1. The molecule has 2 N–H and O–H groups in total. The highest BCUT2D eigenvalue weighted by Gasteiger charge is 2.17. The molecule has 6 heteroatoms. The van der Waals surface area contributed by atoms with E-state index in [0.717, 1.165) is 43.9 Å². The summed E-state index contributed by atoms with van der Waals surface area (Å²) in [6.07, 6.45) is 9.41. The number of piperidine rings is 1. The van der Waals surface area contributed by atoms with Crippen molar-refractivity contribution < 1.29 is 9.53 Å². The Kier molecular flexibility index (Phi) is 6.07. The lowest BCUT2D eigenvalue weighted by atomic mass is 10.1. The van der Waals surface area contributed by atoms with Crippen LogP contribution in [-0.4, -0.2) is 43.2 Å². The predicted molar refractivity (Wildman–Crippen MR) is 111 cm³/mol. The molecule has 1 amide bonds. The number of carbonyl (C=O) groups is 1. The van der Waals surface area contributed by atoms with Gasteiger partial charge in [-0.15, -0.1) is 0 Å². The Labute approximate surface area is 166 Å². The number of hydrogen-bond acceptors (Lipinski definition) is 5. The van der Waals surface area contributed by atoms with Crippen molar-refractivity contribution in [2.75, 3.05) is 36.5 Å². The zero-order valence-corrected chi connectivity index (χ0v) is 16.2. The number of anilines is 3. The number of nitrogens with zero attached hydrogens (tertiary/aromatic N) is 2. The van der Waals surface area contributed by atoms with E-state index in [1.54, 1.807) is 12.4 Å². The fourth-order valence-electron chi connectivity index (χ4n) is 3.82. The maximum atomic E-state index is 12.4. The molecule has 6 nitrogen and oxygen atoms in total. The number of rotatable bonds is 6. The third-order valence-corrected chi connectivity index (χ3v) is 5.39. The van der Waals surface area contributed by atoms with Crippen molar-refractivity contribution >= 4 is 23.0 Å². The first kappa shape index (κ1) is 18.7. The van der Waals surface area contributed by atoms with Gasteiger partial charge >= 0.3 is 0 Å². The Morgan fingerprint density at radius 2 is 1.89 bits per heavy atom. The molecule has 2 aliphatic rings. The van der Waals surface area contributed by atoms with Crippen LogP contribution in [-0.2, 0) is 4.74 Å². The lowest BCUT2D eigenvalue weighted by Crippen LogP contribution is -2.31. The van der Waals surface area contributed by atoms with Gasteiger partial charge in [-0.3, -0.25) is 9.78 Å². The molecule has 0 radical (unpaired) electrons. The molecule has 1 aromatic heterocycles. The van der Waals surface area contributed by atoms with Crippen LogP contribution in [0.4, 0.5) is 17.1 Å². The molecule has 0 spiro atoms. The molecule has 2 fully saturated rings. The second-order valence-electron chi connectivity index (χ2n) is 7.53. The molecule has 2 saturated heterocycles. The van der Waals surface area contributed by atoms with E-state index in [-0.39, 0.29) is 12.0 Å². The minimum Gasteiger partial charge on any atom is -0.376 e. The first-order valence-electron chi connectivity index (χ1n) is 10.2. The summed E-state index contributed by atoms with van der Waals surface area (Å²) in [6, 6.07) is 10.3. The standard InChI is InChI=1S/C22H28N4O2/c27-22(24-16-21-5-4-12-28-21)17-13-19(15-23-14-17)25-18-6-8-20(9-7-18)26-10-2-1-3-11-26/h6-9,13-15,21,25H,1-5,10-12,16H2,(H,24,27). The number of nitrogens with one attached hydrogen (secondary N) is 2. The summed E-state index contributed by atoms with van der Waals surface area (Å²) in [7, 11) is 0. The molecule has 2 aromatic rings. The lowest BCUT2D eigenvalue weighted by molar-refractivity contribution is 0.0857. The molecule has 4 rings (SSSR count).